The number of hydrogen-bond donors (Lipinski definition) is 1. The molecule has 2 saturated heterocycles. The first-order valence-corrected chi connectivity index (χ1v) is 10.4. The molecule has 2 aliphatic heterocycles. The molecule has 152 valence electrons. The Bertz CT molecular complexity index is 1020. The Morgan fingerprint density at radius 1 is 1.28 bits per heavy atom. The quantitative estimate of drug-likeness (QED) is 0.668. The van der Waals surface area contributed by atoms with Gasteiger partial charge in [-0.15, -0.1) is 0 Å². The van der Waals surface area contributed by atoms with Gasteiger partial charge in [0.15, 0.2) is 0 Å². The van der Waals surface area contributed by atoms with Crippen LogP contribution in [0.5, 0.6) is 0 Å². The van der Waals surface area contributed by atoms with Gasteiger partial charge < -0.3 is 9.30 Å². The maximum Gasteiger partial charge on any atom is 0.312 e. The second-order valence-corrected chi connectivity index (χ2v) is 8.23. The summed E-state index contributed by atoms with van der Waals surface area (Å²) in [6.45, 7) is 5.21. The van der Waals surface area contributed by atoms with E-state index in [1.165, 1.54) is 0 Å². The number of aryl methyl sites for hydroxylation is 1. The number of nitrogens with one attached hydrogen (secondary N) is 1. The number of para-hydroxylation sites is 2. The summed E-state index contributed by atoms with van der Waals surface area (Å²) in [6.07, 6.45) is 5.04. The molecule has 0 radical (unpaired) electrons. The van der Waals surface area contributed by atoms with E-state index in [0.717, 1.165) is 68.0 Å². The molecular weight excluding hydrogens is 368 g/mol. The minimum Gasteiger partial charge on any atom is -0.460 e. The lowest BCUT2D eigenvalue weighted by Crippen LogP contribution is -2.42. The smallest absolute Gasteiger partial charge is 0.312 e. The lowest BCUT2D eigenvalue weighted by Gasteiger charge is -2.36. The average Bonchev–Trinajstić information content (AvgIpc) is 3.43. The van der Waals surface area contributed by atoms with Crippen molar-refractivity contribution < 1.29 is 9.53 Å². The fourth-order valence-corrected chi connectivity index (χ4v) is 4.64. The second kappa shape index (κ2) is 7.26. The molecule has 2 aromatic heterocycles. The largest absolute Gasteiger partial charge is 0.460 e. The van der Waals surface area contributed by atoms with E-state index in [1.807, 2.05) is 31.5 Å². The third-order valence-corrected chi connectivity index (χ3v) is 6.33. The van der Waals surface area contributed by atoms with Crippen LogP contribution < -0.4 is 0 Å². The van der Waals surface area contributed by atoms with Gasteiger partial charge in [0.1, 0.15) is 17.8 Å². The topological polar surface area (TPSA) is 88.9 Å². The van der Waals surface area contributed by atoms with Crippen LogP contribution in [-0.2, 0) is 29.0 Å². The monoisotopic (exact) mass is 394 g/mol. The standard InChI is InChI=1S/C21H26N6O2/c1-2-18-23-19(25-24-18)13-26-9-7-21(8-10-26)11-15(29-20(21)28)12-27-14-22-16-5-3-4-6-17(16)27/h3-6,14-15H,2,7-13H2,1H3,(H,23,24,25). The number of imidazole rings is 1. The number of esters is 1. The molecule has 2 aliphatic rings. The number of aromatic nitrogens is 5. The number of likely N-dealkylation sites (tertiary alicyclic amines) is 1. The lowest BCUT2D eigenvalue weighted by molar-refractivity contribution is -0.151. The van der Waals surface area contributed by atoms with Crippen molar-refractivity contribution in [3.63, 3.8) is 0 Å². The molecule has 0 bridgehead atoms. The second-order valence-electron chi connectivity index (χ2n) is 8.23. The van der Waals surface area contributed by atoms with Crippen molar-refractivity contribution in [3.05, 3.63) is 42.2 Å². The highest BCUT2D eigenvalue weighted by Gasteiger charge is 2.50. The zero-order valence-corrected chi connectivity index (χ0v) is 16.7. The fourth-order valence-electron chi connectivity index (χ4n) is 4.64. The van der Waals surface area contributed by atoms with Gasteiger partial charge in [-0.05, 0) is 38.1 Å². The minimum absolute atomic E-state index is 0.0282. The molecule has 3 aromatic rings. The Morgan fingerprint density at radius 3 is 2.90 bits per heavy atom. The Labute approximate surface area is 169 Å². The first kappa shape index (κ1) is 18.3. The molecule has 1 atom stereocenters. The number of cyclic esters (lactones) is 1. The maximum atomic E-state index is 12.8. The van der Waals surface area contributed by atoms with E-state index in [2.05, 4.69) is 35.7 Å². The third-order valence-electron chi connectivity index (χ3n) is 6.33. The number of hydrogen-bond acceptors (Lipinski definition) is 6. The number of rotatable bonds is 5. The highest BCUT2D eigenvalue weighted by molar-refractivity contribution is 5.79. The molecule has 0 aliphatic carbocycles. The molecule has 0 amide bonds. The molecular formula is C21H26N6O2. The maximum absolute atomic E-state index is 12.8. The summed E-state index contributed by atoms with van der Waals surface area (Å²) < 4.78 is 7.91. The number of H-pyrrole nitrogens is 1. The first-order chi connectivity index (χ1) is 14.1. The van der Waals surface area contributed by atoms with Crippen LogP contribution in [0.3, 0.4) is 0 Å². The van der Waals surface area contributed by atoms with Gasteiger partial charge in [0.25, 0.3) is 0 Å². The summed E-state index contributed by atoms with van der Waals surface area (Å²) in [4.78, 5) is 24.0. The van der Waals surface area contributed by atoms with Gasteiger partial charge in [-0.2, -0.15) is 5.10 Å². The highest BCUT2D eigenvalue weighted by atomic mass is 16.6. The number of aromatic amines is 1. The number of piperidine rings is 1. The third kappa shape index (κ3) is 3.42. The van der Waals surface area contributed by atoms with Crippen LogP contribution in [0.1, 0.15) is 37.8 Å². The van der Waals surface area contributed by atoms with Crippen molar-refractivity contribution >= 4 is 17.0 Å². The summed E-state index contributed by atoms with van der Waals surface area (Å²) in [5, 5.41) is 7.22. The van der Waals surface area contributed by atoms with Gasteiger partial charge in [0.05, 0.1) is 35.9 Å². The predicted octanol–water partition coefficient (Wildman–Crippen LogP) is 2.31. The Hall–Kier alpha value is -2.74. The molecule has 1 N–H and O–H groups in total. The molecule has 5 rings (SSSR count). The number of ether oxygens (including phenoxy) is 1. The fraction of sp³-hybridized carbons (Fsp3) is 0.524. The van der Waals surface area contributed by atoms with Gasteiger partial charge in [0.2, 0.25) is 0 Å². The van der Waals surface area contributed by atoms with E-state index in [4.69, 9.17) is 4.74 Å². The normalized spacial score (nSPS) is 21.8. The molecule has 8 heteroatoms. The van der Waals surface area contributed by atoms with Gasteiger partial charge in [-0.1, -0.05) is 19.1 Å². The average molecular weight is 394 g/mol. The van der Waals surface area contributed by atoms with Gasteiger partial charge in [-0.25, -0.2) is 9.97 Å². The van der Waals surface area contributed by atoms with Crippen LogP contribution in [0.15, 0.2) is 30.6 Å². The van der Waals surface area contributed by atoms with E-state index >= 15 is 0 Å². The first-order valence-electron chi connectivity index (χ1n) is 10.4. The SMILES string of the molecule is CCc1n[nH]c(CN2CCC3(CC2)CC(Cn2cnc4ccccc42)OC3=O)n1. The van der Waals surface area contributed by atoms with Crippen molar-refractivity contribution in [1.29, 1.82) is 0 Å². The van der Waals surface area contributed by atoms with Crippen molar-refractivity contribution in [2.75, 3.05) is 13.1 Å². The number of fused-ring (bicyclic) bond motifs is 1. The van der Waals surface area contributed by atoms with Crippen LogP contribution in [0.4, 0.5) is 0 Å². The summed E-state index contributed by atoms with van der Waals surface area (Å²) in [5.74, 6) is 1.72. The lowest BCUT2D eigenvalue weighted by atomic mass is 9.76. The molecule has 1 unspecified atom stereocenters. The van der Waals surface area contributed by atoms with Gasteiger partial charge in [0, 0.05) is 12.8 Å². The van der Waals surface area contributed by atoms with Crippen LogP contribution in [-0.4, -0.2) is 54.8 Å². The van der Waals surface area contributed by atoms with Gasteiger partial charge >= 0.3 is 5.97 Å². The van der Waals surface area contributed by atoms with Gasteiger partial charge in [-0.3, -0.25) is 14.8 Å². The molecule has 4 heterocycles. The molecule has 8 nitrogen and oxygen atoms in total. The number of carbonyl (C=O) groups excluding carboxylic acids is 1. The molecule has 29 heavy (non-hydrogen) atoms. The minimum atomic E-state index is -0.340. The Kier molecular flexibility index (Phi) is 4.58. The van der Waals surface area contributed by atoms with Crippen molar-refractivity contribution in [1.82, 2.24) is 29.6 Å². The van der Waals surface area contributed by atoms with Crippen LogP contribution in [0.25, 0.3) is 11.0 Å². The van der Waals surface area contributed by atoms with E-state index in [1.54, 1.807) is 0 Å². The molecule has 1 spiro atoms. The van der Waals surface area contributed by atoms with E-state index in [9.17, 15) is 4.79 Å². The number of carbonyl (C=O) groups is 1. The molecule has 1 aromatic carbocycles. The summed E-state index contributed by atoms with van der Waals surface area (Å²) in [7, 11) is 0. The zero-order chi connectivity index (χ0) is 19.8. The number of benzene rings is 1. The van der Waals surface area contributed by atoms with E-state index in [0.29, 0.717) is 6.54 Å². The van der Waals surface area contributed by atoms with E-state index in [-0.39, 0.29) is 17.5 Å². The van der Waals surface area contributed by atoms with E-state index < -0.39 is 0 Å². The molecule has 2 fully saturated rings. The summed E-state index contributed by atoms with van der Waals surface area (Å²) in [5.41, 5.74) is 1.71. The van der Waals surface area contributed by atoms with Crippen molar-refractivity contribution in [3.8, 4) is 0 Å². The van der Waals surface area contributed by atoms with Crippen LogP contribution >= 0.6 is 0 Å². The van der Waals surface area contributed by atoms with Crippen molar-refractivity contribution in [2.45, 2.75) is 51.8 Å². The predicted molar refractivity (Wildman–Crippen MR) is 107 cm³/mol. The number of nitrogens with zero attached hydrogens (tertiary/aromatic N) is 5. The zero-order valence-electron chi connectivity index (χ0n) is 16.7. The molecule has 0 saturated carbocycles. The van der Waals surface area contributed by atoms with Crippen molar-refractivity contribution in [2.24, 2.45) is 5.41 Å². The van der Waals surface area contributed by atoms with Crippen LogP contribution in [0, 0.1) is 5.41 Å². The van der Waals surface area contributed by atoms with Crippen LogP contribution in [0.2, 0.25) is 0 Å². The Morgan fingerprint density at radius 2 is 2.10 bits per heavy atom. The Balaban J connectivity index is 1.21. The summed E-state index contributed by atoms with van der Waals surface area (Å²) in [6, 6.07) is 8.05. The summed E-state index contributed by atoms with van der Waals surface area (Å²) >= 11 is 0. The highest BCUT2D eigenvalue weighted by Crippen LogP contribution is 2.43.